The van der Waals surface area contributed by atoms with Crippen LogP contribution in [0.5, 0.6) is 0 Å². The van der Waals surface area contributed by atoms with Crippen LogP contribution in [0.1, 0.15) is 0 Å². The van der Waals surface area contributed by atoms with E-state index in [1.54, 1.807) is 0 Å². The molecule has 8 aromatic carbocycles. The largest absolute Gasteiger partial charge is 0.455 e. The van der Waals surface area contributed by atoms with Gasteiger partial charge in [0.2, 0.25) is 0 Å². The fraction of sp³-hybridized carbons (Fsp3) is 0. The molecule has 0 saturated heterocycles. The molecule has 0 amide bonds. The second kappa shape index (κ2) is 11.8. The topological polar surface area (TPSA) is 16.4 Å². The van der Waals surface area contributed by atoms with Gasteiger partial charge >= 0.3 is 0 Å². The summed E-state index contributed by atoms with van der Waals surface area (Å²) in [6.45, 7) is 0. The number of benzene rings is 8. The van der Waals surface area contributed by atoms with E-state index in [2.05, 4.69) is 181 Å². The van der Waals surface area contributed by atoms with E-state index < -0.39 is 0 Å². The normalized spacial score (nSPS) is 11.3. The highest BCUT2D eigenvalue weighted by molar-refractivity contribution is 6.15. The number of fused-ring (bicyclic) bond motifs is 5. The monoisotopic (exact) mass is 613 g/mol. The zero-order chi connectivity index (χ0) is 31.9. The van der Waals surface area contributed by atoms with Crippen molar-refractivity contribution >= 4 is 49.8 Å². The van der Waals surface area contributed by atoms with Crippen molar-refractivity contribution in [2.75, 3.05) is 4.90 Å². The molecule has 0 aliphatic heterocycles. The number of anilines is 3. The van der Waals surface area contributed by atoms with Gasteiger partial charge in [-0.3, -0.25) is 0 Å². The maximum Gasteiger partial charge on any atom is 0.143 e. The van der Waals surface area contributed by atoms with Crippen LogP contribution in [0, 0.1) is 0 Å². The number of hydrogen-bond acceptors (Lipinski definition) is 2. The molecular weight excluding hydrogens is 583 g/mol. The van der Waals surface area contributed by atoms with Crippen molar-refractivity contribution in [1.82, 2.24) is 0 Å². The van der Waals surface area contributed by atoms with E-state index in [4.69, 9.17) is 4.42 Å². The van der Waals surface area contributed by atoms with E-state index in [9.17, 15) is 0 Å². The van der Waals surface area contributed by atoms with Gasteiger partial charge in [0.15, 0.2) is 0 Å². The summed E-state index contributed by atoms with van der Waals surface area (Å²) in [5.41, 5.74) is 12.3. The van der Waals surface area contributed by atoms with Gasteiger partial charge in [-0.05, 0) is 93.4 Å². The Morgan fingerprint density at radius 2 is 0.750 bits per heavy atom. The fourth-order valence-corrected chi connectivity index (χ4v) is 6.80. The predicted octanol–water partition coefficient (Wildman–Crippen LogP) is 13.2. The highest BCUT2D eigenvalue weighted by Gasteiger charge is 2.15. The molecule has 0 radical (unpaired) electrons. The summed E-state index contributed by atoms with van der Waals surface area (Å²) in [6.07, 6.45) is 0. The first-order chi connectivity index (χ1) is 23.8. The third kappa shape index (κ3) is 5.01. The lowest BCUT2D eigenvalue weighted by Gasteiger charge is -2.26. The van der Waals surface area contributed by atoms with Crippen LogP contribution in [0.4, 0.5) is 17.1 Å². The Morgan fingerprint density at radius 1 is 0.312 bits per heavy atom. The molecule has 48 heavy (non-hydrogen) atoms. The van der Waals surface area contributed by atoms with Gasteiger partial charge in [0.1, 0.15) is 11.2 Å². The quantitative estimate of drug-likeness (QED) is 0.185. The molecule has 0 aliphatic rings. The van der Waals surface area contributed by atoms with E-state index in [1.165, 1.54) is 27.6 Å². The lowest BCUT2D eigenvalue weighted by Crippen LogP contribution is -2.09. The molecule has 0 fully saturated rings. The third-order valence-corrected chi connectivity index (χ3v) is 9.29. The van der Waals surface area contributed by atoms with Crippen LogP contribution in [0.25, 0.3) is 66.1 Å². The molecular formula is C46H31NO. The molecule has 1 heterocycles. The zero-order valence-corrected chi connectivity index (χ0v) is 26.3. The minimum Gasteiger partial charge on any atom is -0.455 e. The summed E-state index contributed by atoms with van der Waals surface area (Å²) < 4.78 is 6.37. The van der Waals surface area contributed by atoms with Gasteiger partial charge in [-0.1, -0.05) is 133 Å². The van der Waals surface area contributed by atoms with Gasteiger partial charge in [-0.15, -0.1) is 0 Å². The van der Waals surface area contributed by atoms with Crippen molar-refractivity contribution in [1.29, 1.82) is 0 Å². The second-order valence-electron chi connectivity index (χ2n) is 12.2. The maximum absolute atomic E-state index is 6.37. The standard InChI is InChI=1S/C46H31NO/c1-3-9-32(10-4-1)34-17-24-39(25-18-34)47(40-26-19-35(20-27-40)33-11-5-2-6-12-33)41-28-21-36(22-29-41)38-16-15-37-23-30-43-42-13-7-8-14-45(42)48-46(43)44(37)31-38/h1-31H. The minimum atomic E-state index is 0.920. The molecule has 9 aromatic rings. The van der Waals surface area contributed by atoms with Crippen LogP contribution in [-0.2, 0) is 0 Å². The Morgan fingerprint density at radius 3 is 1.31 bits per heavy atom. The summed E-state index contributed by atoms with van der Waals surface area (Å²) in [5.74, 6) is 0. The zero-order valence-electron chi connectivity index (χ0n) is 26.3. The van der Waals surface area contributed by atoms with Crippen molar-refractivity contribution in [2.24, 2.45) is 0 Å². The van der Waals surface area contributed by atoms with Crippen molar-refractivity contribution in [3.05, 3.63) is 188 Å². The minimum absolute atomic E-state index is 0.920. The van der Waals surface area contributed by atoms with Crippen molar-refractivity contribution in [2.45, 2.75) is 0 Å². The third-order valence-electron chi connectivity index (χ3n) is 9.29. The number of nitrogens with zero attached hydrogens (tertiary/aromatic N) is 1. The van der Waals surface area contributed by atoms with Gasteiger partial charge in [-0.25, -0.2) is 0 Å². The van der Waals surface area contributed by atoms with Gasteiger partial charge < -0.3 is 9.32 Å². The van der Waals surface area contributed by atoms with Crippen LogP contribution in [0.3, 0.4) is 0 Å². The first-order valence-corrected chi connectivity index (χ1v) is 16.3. The molecule has 0 bridgehead atoms. The van der Waals surface area contributed by atoms with E-state index in [0.717, 1.165) is 55.5 Å². The van der Waals surface area contributed by atoms with Crippen molar-refractivity contribution < 1.29 is 4.42 Å². The van der Waals surface area contributed by atoms with Crippen molar-refractivity contribution in [3.8, 4) is 33.4 Å². The van der Waals surface area contributed by atoms with Gasteiger partial charge in [0.05, 0.1) is 0 Å². The molecule has 1 aromatic heterocycles. The van der Waals surface area contributed by atoms with Gasteiger partial charge in [0.25, 0.3) is 0 Å². The molecule has 0 atom stereocenters. The summed E-state index contributed by atoms with van der Waals surface area (Å²) in [6, 6.07) is 66.9. The average molecular weight is 614 g/mol. The smallest absolute Gasteiger partial charge is 0.143 e. The Hall–Kier alpha value is -6.38. The van der Waals surface area contributed by atoms with Crippen LogP contribution < -0.4 is 4.90 Å². The first-order valence-electron chi connectivity index (χ1n) is 16.3. The first kappa shape index (κ1) is 27.9. The Labute approximate surface area is 279 Å². The summed E-state index contributed by atoms with van der Waals surface area (Å²) in [5, 5.41) is 4.60. The van der Waals surface area contributed by atoms with Crippen LogP contribution in [-0.4, -0.2) is 0 Å². The number of rotatable bonds is 6. The summed E-state index contributed by atoms with van der Waals surface area (Å²) in [4.78, 5) is 2.33. The SMILES string of the molecule is c1ccc(-c2ccc(N(c3ccc(-c4ccccc4)cc3)c3ccc(-c4ccc5ccc6c7ccccc7oc6c5c4)cc3)cc2)cc1. The fourth-order valence-electron chi connectivity index (χ4n) is 6.80. The lowest BCUT2D eigenvalue weighted by atomic mass is 9.99. The van der Waals surface area contributed by atoms with Crippen LogP contribution >= 0.6 is 0 Å². The van der Waals surface area contributed by atoms with Crippen LogP contribution in [0.2, 0.25) is 0 Å². The van der Waals surface area contributed by atoms with Gasteiger partial charge in [-0.2, -0.15) is 0 Å². The van der Waals surface area contributed by atoms with E-state index in [0.29, 0.717) is 0 Å². The highest BCUT2D eigenvalue weighted by atomic mass is 16.3. The van der Waals surface area contributed by atoms with E-state index in [-0.39, 0.29) is 0 Å². The van der Waals surface area contributed by atoms with E-state index in [1.807, 2.05) is 12.1 Å². The van der Waals surface area contributed by atoms with Crippen LogP contribution in [0.15, 0.2) is 192 Å². The molecule has 2 nitrogen and oxygen atoms in total. The Kier molecular flexibility index (Phi) is 6.84. The molecule has 9 rings (SSSR count). The maximum atomic E-state index is 6.37. The number of hydrogen-bond donors (Lipinski definition) is 0. The van der Waals surface area contributed by atoms with Crippen molar-refractivity contribution in [3.63, 3.8) is 0 Å². The Balaban J connectivity index is 1.10. The highest BCUT2D eigenvalue weighted by Crippen LogP contribution is 2.39. The molecule has 0 N–H and O–H groups in total. The Bertz CT molecular complexity index is 2430. The molecule has 0 saturated carbocycles. The predicted molar refractivity (Wildman–Crippen MR) is 202 cm³/mol. The molecule has 0 unspecified atom stereocenters. The molecule has 0 aliphatic carbocycles. The number of furan rings is 1. The lowest BCUT2D eigenvalue weighted by molar-refractivity contribution is 0.672. The van der Waals surface area contributed by atoms with E-state index >= 15 is 0 Å². The number of para-hydroxylation sites is 1. The molecule has 226 valence electrons. The molecule has 0 spiro atoms. The molecule has 2 heteroatoms. The summed E-state index contributed by atoms with van der Waals surface area (Å²) >= 11 is 0. The summed E-state index contributed by atoms with van der Waals surface area (Å²) in [7, 11) is 0. The van der Waals surface area contributed by atoms with Gasteiger partial charge in [0, 0.05) is 33.2 Å². The average Bonchev–Trinajstić information content (AvgIpc) is 3.56. The second-order valence-corrected chi connectivity index (χ2v) is 12.2.